The zero-order valence-corrected chi connectivity index (χ0v) is 14.5. The van der Waals surface area contributed by atoms with Crippen LogP contribution >= 0.6 is 0 Å². The monoisotopic (exact) mass is 309 g/mol. The van der Waals surface area contributed by atoms with Crippen molar-refractivity contribution in [2.75, 3.05) is 13.2 Å². The Morgan fingerprint density at radius 1 is 1.13 bits per heavy atom. The standard InChI is InChI=1S/C21H27NO/c1-16(2)21-13-20(10-9-17(21)3)23-15-19-11-12-22(19)14-18-7-5-4-6-8-18/h4-10,13,16,19H,11-12,14-15H2,1-3H3. The van der Waals surface area contributed by atoms with Gasteiger partial charge in [-0.25, -0.2) is 0 Å². The average molecular weight is 309 g/mol. The highest BCUT2D eigenvalue weighted by atomic mass is 16.5. The van der Waals surface area contributed by atoms with Crippen LogP contribution in [0.3, 0.4) is 0 Å². The van der Waals surface area contributed by atoms with E-state index < -0.39 is 0 Å². The lowest BCUT2D eigenvalue weighted by Crippen LogP contribution is -2.50. The second-order valence-corrected chi connectivity index (χ2v) is 6.88. The SMILES string of the molecule is Cc1ccc(OCC2CCN2Cc2ccccc2)cc1C(C)C. The molecule has 1 aliphatic rings. The topological polar surface area (TPSA) is 12.5 Å². The van der Waals surface area contributed by atoms with Crippen LogP contribution in [0, 0.1) is 6.92 Å². The molecule has 122 valence electrons. The lowest BCUT2D eigenvalue weighted by Gasteiger charge is -2.40. The first kappa shape index (κ1) is 16.1. The molecule has 1 heterocycles. The third kappa shape index (κ3) is 3.94. The predicted octanol–water partition coefficient (Wildman–Crippen LogP) is 4.77. The fourth-order valence-corrected chi connectivity index (χ4v) is 3.23. The number of likely N-dealkylation sites (tertiary alicyclic amines) is 1. The second kappa shape index (κ2) is 7.18. The molecule has 0 spiro atoms. The van der Waals surface area contributed by atoms with Gasteiger partial charge in [-0.15, -0.1) is 0 Å². The van der Waals surface area contributed by atoms with E-state index in [4.69, 9.17) is 4.74 Å². The molecule has 1 atom stereocenters. The van der Waals surface area contributed by atoms with Crippen molar-refractivity contribution >= 4 is 0 Å². The van der Waals surface area contributed by atoms with Gasteiger partial charge in [-0.3, -0.25) is 4.90 Å². The Kier molecular flexibility index (Phi) is 5.02. The predicted molar refractivity (Wildman–Crippen MR) is 96.0 cm³/mol. The number of benzene rings is 2. The first-order valence-corrected chi connectivity index (χ1v) is 8.65. The van der Waals surface area contributed by atoms with E-state index >= 15 is 0 Å². The summed E-state index contributed by atoms with van der Waals surface area (Å²) >= 11 is 0. The summed E-state index contributed by atoms with van der Waals surface area (Å²) in [6.07, 6.45) is 1.23. The molecule has 23 heavy (non-hydrogen) atoms. The van der Waals surface area contributed by atoms with Crippen molar-refractivity contribution in [3.05, 3.63) is 65.2 Å². The minimum Gasteiger partial charge on any atom is -0.492 e. The van der Waals surface area contributed by atoms with Gasteiger partial charge in [0.15, 0.2) is 0 Å². The second-order valence-electron chi connectivity index (χ2n) is 6.88. The van der Waals surface area contributed by atoms with Crippen molar-refractivity contribution < 1.29 is 4.74 Å². The Hall–Kier alpha value is -1.80. The van der Waals surface area contributed by atoms with Crippen molar-refractivity contribution in [3.8, 4) is 5.75 Å². The molecule has 2 nitrogen and oxygen atoms in total. The number of hydrogen-bond acceptors (Lipinski definition) is 2. The molecule has 0 bridgehead atoms. The highest BCUT2D eigenvalue weighted by Gasteiger charge is 2.28. The molecule has 2 aromatic rings. The molecule has 0 saturated carbocycles. The van der Waals surface area contributed by atoms with Crippen molar-refractivity contribution in [1.82, 2.24) is 4.90 Å². The lowest BCUT2D eigenvalue weighted by molar-refractivity contribution is 0.0436. The van der Waals surface area contributed by atoms with Gasteiger partial charge in [-0.05, 0) is 48.1 Å². The normalized spacial score (nSPS) is 18.0. The Morgan fingerprint density at radius 3 is 2.57 bits per heavy atom. The minimum atomic E-state index is 0.539. The molecule has 3 rings (SSSR count). The summed E-state index contributed by atoms with van der Waals surface area (Å²) in [6.45, 7) is 9.63. The van der Waals surface area contributed by atoms with Gasteiger partial charge in [-0.1, -0.05) is 50.2 Å². The minimum absolute atomic E-state index is 0.539. The molecule has 1 aliphatic heterocycles. The molecular formula is C21H27NO. The van der Waals surface area contributed by atoms with Crippen LogP contribution in [-0.4, -0.2) is 24.1 Å². The van der Waals surface area contributed by atoms with Gasteiger partial charge in [0, 0.05) is 19.1 Å². The number of ether oxygens (including phenoxy) is 1. The summed E-state index contributed by atoms with van der Waals surface area (Å²) in [7, 11) is 0. The summed E-state index contributed by atoms with van der Waals surface area (Å²) in [5.74, 6) is 1.54. The van der Waals surface area contributed by atoms with Crippen molar-refractivity contribution in [2.45, 2.75) is 45.7 Å². The van der Waals surface area contributed by atoms with Gasteiger partial charge in [-0.2, -0.15) is 0 Å². The quantitative estimate of drug-likeness (QED) is 0.762. The Labute approximate surface area is 140 Å². The van der Waals surface area contributed by atoms with Crippen LogP contribution in [0.2, 0.25) is 0 Å². The van der Waals surface area contributed by atoms with Gasteiger partial charge in [0.1, 0.15) is 12.4 Å². The molecule has 1 fully saturated rings. The van der Waals surface area contributed by atoms with E-state index in [1.165, 1.54) is 29.7 Å². The van der Waals surface area contributed by atoms with E-state index in [9.17, 15) is 0 Å². The third-order valence-electron chi connectivity index (χ3n) is 4.81. The van der Waals surface area contributed by atoms with E-state index in [1.54, 1.807) is 0 Å². The van der Waals surface area contributed by atoms with Crippen LogP contribution < -0.4 is 4.74 Å². The smallest absolute Gasteiger partial charge is 0.119 e. The summed E-state index contributed by atoms with van der Waals surface area (Å²) in [5.41, 5.74) is 4.12. The first-order chi connectivity index (χ1) is 11.1. The van der Waals surface area contributed by atoms with Crippen molar-refractivity contribution in [2.24, 2.45) is 0 Å². The number of nitrogens with zero attached hydrogens (tertiary/aromatic N) is 1. The highest BCUT2D eigenvalue weighted by molar-refractivity contribution is 5.36. The van der Waals surface area contributed by atoms with Crippen LogP contribution in [0.25, 0.3) is 0 Å². The van der Waals surface area contributed by atoms with Gasteiger partial charge < -0.3 is 4.74 Å². The molecule has 1 unspecified atom stereocenters. The summed E-state index contributed by atoms with van der Waals surface area (Å²) in [5, 5.41) is 0. The van der Waals surface area contributed by atoms with Crippen LogP contribution in [-0.2, 0) is 6.54 Å². The van der Waals surface area contributed by atoms with Crippen LogP contribution in [0.1, 0.15) is 42.9 Å². The largest absolute Gasteiger partial charge is 0.492 e. The zero-order valence-electron chi connectivity index (χ0n) is 14.5. The Morgan fingerprint density at radius 2 is 1.91 bits per heavy atom. The maximum absolute atomic E-state index is 6.08. The Balaban J connectivity index is 1.55. The van der Waals surface area contributed by atoms with Crippen molar-refractivity contribution in [3.63, 3.8) is 0 Å². The van der Waals surface area contributed by atoms with E-state index in [2.05, 4.69) is 74.2 Å². The first-order valence-electron chi connectivity index (χ1n) is 8.65. The fraction of sp³-hybridized carbons (Fsp3) is 0.429. The molecule has 0 N–H and O–H groups in total. The highest BCUT2D eigenvalue weighted by Crippen LogP contribution is 2.26. The molecule has 0 amide bonds. The van der Waals surface area contributed by atoms with E-state index in [1.807, 2.05) is 0 Å². The van der Waals surface area contributed by atoms with Crippen LogP contribution in [0.15, 0.2) is 48.5 Å². The molecule has 0 radical (unpaired) electrons. The third-order valence-corrected chi connectivity index (χ3v) is 4.81. The van der Waals surface area contributed by atoms with E-state index in [0.29, 0.717) is 12.0 Å². The molecule has 0 aromatic heterocycles. The van der Waals surface area contributed by atoms with Crippen molar-refractivity contribution in [1.29, 1.82) is 0 Å². The molecule has 2 heteroatoms. The maximum Gasteiger partial charge on any atom is 0.119 e. The molecular weight excluding hydrogens is 282 g/mol. The van der Waals surface area contributed by atoms with Gasteiger partial charge in [0.25, 0.3) is 0 Å². The number of rotatable bonds is 6. The maximum atomic E-state index is 6.08. The zero-order chi connectivity index (χ0) is 16.2. The Bertz CT molecular complexity index is 636. The molecule has 1 saturated heterocycles. The van der Waals surface area contributed by atoms with Gasteiger partial charge in [0.05, 0.1) is 0 Å². The van der Waals surface area contributed by atoms with E-state index in [-0.39, 0.29) is 0 Å². The lowest BCUT2D eigenvalue weighted by atomic mass is 9.98. The number of hydrogen-bond donors (Lipinski definition) is 0. The molecule has 2 aromatic carbocycles. The summed E-state index contributed by atoms with van der Waals surface area (Å²) in [4.78, 5) is 2.51. The summed E-state index contributed by atoms with van der Waals surface area (Å²) < 4.78 is 6.08. The van der Waals surface area contributed by atoms with Crippen LogP contribution in [0.4, 0.5) is 0 Å². The summed E-state index contributed by atoms with van der Waals surface area (Å²) in [6, 6.07) is 17.7. The van der Waals surface area contributed by atoms with Crippen LogP contribution in [0.5, 0.6) is 5.75 Å². The molecule has 0 aliphatic carbocycles. The van der Waals surface area contributed by atoms with Gasteiger partial charge >= 0.3 is 0 Å². The van der Waals surface area contributed by atoms with Gasteiger partial charge in [0.2, 0.25) is 0 Å². The number of aryl methyl sites for hydroxylation is 1. The average Bonchev–Trinajstić information content (AvgIpc) is 2.54. The van der Waals surface area contributed by atoms with E-state index in [0.717, 1.165) is 18.9 Å². The fourth-order valence-electron chi connectivity index (χ4n) is 3.23.